The zero-order valence-electron chi connectivity index (χ0n) is 12.0. The first-order valence-electron chi connectivity index (χ1n) is 6.43. The zero-order chi connectivity index (χ0) is 15.9. The molecule has 0 heterocycles. The molecule has 0 N–H and O–H groups in total. The summed E-state index contributed by atoms with van der Waals surface area (Å²) in [4.78, 5) is 1.63. The SMILES string of the molecule is COCCN(CCOC)c1ccc(CBr)cc1C(F)(F)F. The fraction of sp³-hybridized carbons (Fsp3) is 0.571. The average Bonchev–Trinajstić information content (AvgIpc) is 2.46. The van der Waals surface area contributed by atoms with Gasteiger partial charge in [-0.2, -0.15) is 13.2 Å². The van der Waals surface area contributed by atoms with E-state index in [-0.39, 0.29) is 5.69 Å². The quantitative estimate of drug-likeness (QED) is 0.652. The predicted molar refractivity (Wildman–Crippen MR) is 80.0 cm³/mol. The number of rotatable bonds is 8. The Balaban J connectivity index is 3.15. The summed E-state index contributed by atoms with van der Waals surface area (Å²) in [6, 6.07) is 4.37. The number of benzene rings is 1. The minimum atomic E-state index is -4.40. The van der Waals surface area contributed by atoms with Crippen LogP contribution in [0.3, 0.4) is 0 Å². The van der Waals surface area contributed by atoms with Gasteiger partial charge < -0.3 is 14.4 Å². The smallest absolute Gasteiger partial charge is 0.383 e. The number of halogens is 4. The van der Waals surface area contributed by atoms with Crippen molar-refractivity contribution in [2.24, 2.45) is 0 Å². The van der Waals surface area contributed by atoms with Crippen LogP contribution in [-0.4, -0.2) is 40.5 Å². The van der Waals surface area contributed by atoms with Gasteiger partial charge in [0.25, 0.3) is 0 Å². The van der Waals surface area contributed by atoms with Crippen molar-refractivity contribution in [1.29, 1.82) is 0 Å². The van der Waals surface area contributed by atoms with E-state index in [0.29, 0.717) is 37.2 Å². The first-order chi connectivity index (χ1) is 9.93. The summed E-state index contributed by atoms with van der Waals surface area (Å²) < 4.78 is 49.7. The number of anilines is 1. The van der Waals surface area contributed by atoms with Crippen molar-refractivity contribution in [3.8, 4) is 0 Å². The van der Waals surface area contributed by atoms with E-state index < -0.39 is 11.7 Å². The lowest BCUT2D eigenvalue weighted by Crippen LogP contribution is -2.32. The van der Waals surface area contributed by atoms with Crippen LogP contribution in [0.5, 0.6) is 0 Å². The number of nitrogens with zero attached hydrogens (tertiary/aromatic N) is 1. The molecule has 0 radical (unpaired) electrons. The Morgan fingerprint density at radius 2 is 1.67 bits per heavy atom. The number of methoxy groups -OCH3 is 2. The van der Waals surface area contributed by atoms with Crippen LogP contribution in [0.1, 0.15) is 11.1 Å². The van der Waals surface area contributed by atoms with Crippen molar-refractivity contribution in [3.63, 3.8) is 0 Å². The van der Waals surface area contributed by atoms with E-state index >= 15 is 0 Å². The molecule has 120 valence electrons. The van der Waals surface area contributed by atoms with Crippen LogP contribution in [0.25, 0.3) is 0 Å². The summed E-state index contributed by atoms with van der Waals surface area (Å²) in [7, 11) is 3.04. The van der Waals surface area contributed by atoms with Gasteiger partial charge in [0.2, 0.25) is 0 Å². The molecule has 0 aliphatic heterocycles. The Morgan fingerprint density at radius 3 is 2.10 bits per heavy atom. The molecule has 0 saturated carbocycles. The van der Waals surface area contributed by atoms with Crippen molar-refractivity contribution < 1.29 is 22.6 Å². The van der Waals surface area contributed by atoms with Gasteiger partial charge in [-0.15, -0.1) is 0 Å². The second-order valence-corrected chi connectivity index (χ2v) is 5.02. The van der Waals surface area contributed by atoms with Gasteiger partial charge in [-0.1, -0.05) is 22.0 Å². The maximum atomic E-state index is 13.3. The van der Waals surface area contributed by atoms with E-state index in [0.717, 1.165) is 0 Å². The van der Waals surface area contributed by atoms with Crippen molar-refractivity contribution >= 4 is 21.6 Å². The Kier molecular flexibility index (Phi) is 7.48. The summed E-state index contributed by atoms with van der Waals surface area (Å²) in [5.74, 6) is 0. The van der Waals surface area contributed by atoms with Crippen LogP contribution < -0.4 is 4.90 Å². The van der Waals surface area contributed by atoms with Crippen molar-refractivity contribution in [2.45, 2.75) is 11.5 Å². The maximum absolute atomic E-state index is 13.3. The highest BCUT2D eigenvalue weighted by atomic mass is 79.9. The number of hydrogen-bond acceptors (Lipinski definition) is 3. The lowest BCUT2D eigenvalue weighted by molar-refractivity contribution is -0.137. The molecule has 3 nitrogen and oxygen atoms in total. The lowest BCUT2D eigenvalue weighted by atomic mass is 10.1. The van der Waals surface area contributed by atoms with Crippen LogP contribution in [0, 0.1) is 0 Å². The third-order valence-electron chi connectivity index (χ3n) is 2.99. The van der Waals surface area contributed by atoms with Gasteiger partial charge in [-0.3, -0.25) is 0 Å². The van der Waals surface area contributed by atoms with E-state index in [2.05, 4.69) is 15.9 Å². The molecule has 1 rings (SSSR count). The molecule has 0 saturated heterocycles. The Labute approximate surface area is 131 Å². The second kappa shape index (κ2) is 8.60. The molecule has 0 aliphatic rings. The van der Waals surface area contributed by atoms with Gasteiger partial charge in [0, 0.05) is 38.3 Å². The van der Waals surface area contributed by atoms with Crippen LogP contribution in [-0.2, 0) is 21.0 Å². The minimum Gasteiger partial charge on any atom is -0.383 e. The molecule has 1 aromatic carbocycles. The molecule has 0 aromatic heterocycles. The van der Waals surface area contributed by atoms with E-state index in [1.54, 1.807) is 11.0 Å². The Bertz CT molecular complexity index is 433. The number of hydrogen-bond donors (Lipinski definition) is 0. The highest BCUT2D eigenvalue weighted by Gasteiger charge is 2.35. The van der Waals surface area contributed by atoms with Gasteiger partial charge in [0.15, 0.2) is 0 Å². The fourth-order valence-electron chi connectivity index (χ4n) is 1.92. The summed E-state index contributed by atoms with van der Waals surface area (Å²) in [5, 5.41) is 0.381. The monoisotopic (exact) mass is 369 g/mol. The molecular formula is C14H19BrF3NO2. The molecule has 1 aromatic rings. The first kappa shape index (κ1) is 18.3. The van der Waals surface area contributed by atoms with Gasteiger partial charge in [-0.25, -0.2) is 0 Å². The maximum Gasteiger partial charge on any atom is 0.418 e. The fourth-order valence-corrected chi connectivity index (χ4v) is 2.27. The number of ether oxygens (including phenoxy) is 2. The second-order valence-electron chi connectivity index (χ2n) is 4.46. The van der Waals surface area contributed by atoms with Crippen LogP contribution in [0.4, 0.5) is 18.9 Å². The largest absolute Gasteiger partial charge is 0.418 e. The van der Waals surface area contributed by atoms with E-state index in [4.69, 9.17) is 9.47 Å². The minimum absolute atomic E-state index is 0.154. The van der Waals surface area contributed by atoms with Crippen LogP contribution in [0.2, 0.25) is 0 Å². The van der Waals surface area contributed by atoms with Gasteiger partial charge in [-0.05, 0) is 17.7 Å². The molecule has 0 amide bonds. The number of alkyl halides is 4. The van der Waals surface area contributed by atoms with Gasteiger partial charge >= 0.3 is 6.18 Å². The van der Waals surface area contributed by atoms with Crippen molar-refractivity contribution in [1.82, 2.24) is 0 Å². The summed E-state index contributed by atoms with van der Waals surface area (Å²) >= 11 is 3.18. The zero-order valence-corrected chi connectivity index (χ0v) is 13.6. The van der Waals surface area contributed by atoms with E-state index in [9.17, 15) is 13.2 Å². The standard InChI is InChI=1S/C14H19BrF3NO2/c1-20-7-5-19(6-8-21-2)13-4-3-11(10-15)9-12(13)14(16,17)18/h3-4,9H,5-8,10H2,1-2H3. The lowest BCUT2D eigenvalue weighted by Gasteiger charge is -2.27. The third kappa shape index (κ3) is 5.48. The molecule has 0 atom stereocenters. The predicted octanol–water partition coefficient (Wildman–Crippen LogP) is 3.70. The van der Waals surface area contributed by atoms with Crippen molar-refractivity contribution in [3.05, 3.63) is 29.3 Å². The molecule has 0 bridgehead atoms. The van der Waals surface area contributed by atoms with Crippen molar-refractivity contribution in [2.75, 3.05) is 45.4 Å². The van der Waals surface area contributed by atoms with Crippen LogP contribution in [0.15, 0.2) is 18.2 Å². The molecule has 7 heteroatoms. The van der Waals surface area contributed by atoms with Gasteiger partial charge in [0.05, 0.1) is 18.8 Å². The summed E-state index contributed by atoms with van der Waals surface area (Å²) in [5.41, 5.74) is 0.109. The van der Waals surface area contributed by atoms with E-state index in [1.165, 1.54) is 26.4 Å². The van der Waals surface area contributed by atoms with E-state index in [1.807, 2.05) is 0 Å². The first-order valence-corrected chi connectivity index (χ1v) is 7.55. The Morgan fingerprint density at radius 1 is 1.10 bits per heavy atom. The topological polar surface area (TPSA) is 21.7 Å². The highest BCUT2D eigenvalue weighted by Crippen LogP contribution is 2.37. The molecule has 0 fully saturated rings. The molecule has 0 unspecified atom stereocenters. The molecule has 0 spiro atoms. The Hall–Kier alpha value is -0.790. The van der Waals surface area contributed by atoms with Crippen LogP contribution >= 0.6 is 15.9 Å². The molecule has 21 heavy (non-hydrogen) atoms. The molecular weight excluding hydrogens is 351 g/mol. The summed E-state index contributed by atoms with van der Waals surface area (Å²) in [6.45, 7) is 1.44. The third-order valence-corrected chi connectivity index (χ3v) is 3.64. The average molecular weight is 370 g/mol. The normalized spacial score (nSPS) is 11.7. The summed E-state index contributed by atoms with van der Waals surface area (Å²) in [6.07, 6.45) is -4.40. The van der Waals surface area contributed by atoms with Gasteiger partial charge in [0.1, 0.15) is 0 Å². The molecule has 0 aliphatic carbocycles. The highest BCUT2D eigenvalue weighted by molar-refractivity contribution is 9.08.